The lowest BCUT2D eigenvalue weighted by Gasteiger charge is -2.37. The van der Waals surface area contributed by atoms with E-state index in [9.17, 15) is 4.79 Å². The van der Waals surface area contributed by atoms with Crippen molar-refractivity contribution in [2.45, 2.75) is 6.54 Å². The average molecular weight is 338 g/mol. The monoisotopic (exact) mass is 338 g/mol. The highest BCUT2D eigenvalue weighted by atomic mass is 16.5. The molecule has 4 rings (SSSR count). The Morgan fingerprint density at radius 3 is 2.44 bits per heavy atom. The highest BCUT2D eigenvalue weighted by molar-refractivity contribution is 5.80. The quantitative estimate of drug-likeness (QED) is 0.684. The number of likely N-dealkylation sites (N-methyl/N-ethyl adjacent to an activating group) is 1. The third-order valence-corrected chi connectivity index (χ3v) is 5.24. The average Bonchev–Trinajstić information content (AvgIpc) is 2.94. The summed E-state index contributed by atoms with van der Waals surface area (Å²) in [6.45, 7) is 5.21. The minimum absolute atomic E-state index is 0.0827. The minimum Gasteiger partial charge on any atom is -0.370 e. The SMILES string of the molecule is C[N+]1(CCn2c(=O)c3ccccc3n2-c2ccccc2)CCOCC1. The van der Waals surface area contributed by atoms with Crippen LogP contribution in [0, 0.1) is 0 Å². The summed E-state index contributed by atoms with van der Waals surface area (Å²) < 4.78 is 10.4. The van der Waals surface area contributed by atoms with Crippen molar-refractivity contribution in [3.8, 4) is 5.69 Å². The van der Waals surface area contributed by atoms with Gasteiger partial charge in [0, 0.05) is 0 Å². The van der Waals surface area contributed by atoms with E-state index in [1.165, 1.54) is 0 Å². The van der Waals surface area contributed by atoms with Crippen molar-refractivity contribution < 1.29 is 9.22 Å². The molecule has 1 fully saturated rings. The maximum Gasteiger partial charge on any atom is 0.275 e. The number of quaternary nitrogens is 1. The fraction of sp³-hybridized carbons (Fsp3) is 0.350. The molecule has 0 spiro atoms. The number of rotatable bonds is 4. The van der Waals surface area contributed by atoms with Crippen molar-refractivity contribution >= 4 is 10.9 Å². The van der Waals surface area contributed by atoms with Gasteiger partial charge in [0.2, 0.25) is 0 Å². The summed E-state index contributed by atoms with van der Waals surface area (Å²) in [6, 6.07) is 18.0. The molecule has 3 aromatic rings. The van der Waals surface area contributed by atoms with E-state index < -0.39 is 0 Å². The summed E-state index contributed by atoms with van der Waals surface area (Å²) in [7, 11) is 2.25. The van der Waals surface area contributed by atoms with Gasteiger partial charge in [0.15, 0.2) is 0 Å². The summed E-state index contributed by atoms with van der Waals surface area (Å²) in [4.78, 5) is 13.0. The zero-order valence-corrected chi connectivity index (χ0v) is 14.6. The van der Waals surface area contributed by atoms with Crippen LogP contribution in [0.4, 0.5) is 0 Å². The number of hydrogen-bond acceptors (Lipinski definition) is 2. The lowest BCUT2D eigenvalue weighted by molar-refractivity contribution is -0.917. The molecule has 2 heterocycles. The van der Waals surface area contributed by atoms with Gasteiger partial charge < -0.3 is 9.22 Å². The summed E-state index contributed by atoms with van der Waals surface area (Å²) in [6.07, 6.45) is 0. The molecule has 1 aliphatic heterocycles. The summed E-state index contributed by atoms with van der Waals surface area (Å²) in [5.41, 5.74) is 2.06. The molecule has 0 amide bonds. The minimum atomic E-state index is 0.0827. The van der Waals surface area contributed by atoms with E-state index in [0.29, 0.717) is 6.54 Å². The molecule has 0 atom stereocenters. The molecule has 1 aromatic heterocycles. The van der Waals surface area contributed by atoms with Crippen molar-refractivity contribution in [3.63, 3.8) is 0 Å². The first kappa shape index (κ1) is 16.1. The maximum atomic E-state index is 13.0. The van der Waals surface area contributed by atoms with Gasteiger partial charge in [-0.3, -0.25) is 4.79 Å². The van der Waals surface area contributed by atoms with Crippen LogP contribution in [0.15, 0.2) is 59.4 Å². The smallest absolute Gasteiger partial charge is 0.275 e. The number of hydrogen-bond donors (Lipinski definition) is 0. The number of para-hydroxylation sites is 2. The van der Waals surface area contributed by atoms with Gasteiger partial charge >= 0.3 is 0 Å². The Morgan fingerprint density at radius 2 is 1.68 bits per heavy atom. The zero-order chi connectivity index (χ0) is 17.3. The molecular formula is C20H24N3O2+. The molecular weight excluding hydrogens is 314 g/mol. The Balaban J connectivity index is 1.77. The fourth-order valence-electron chi connectivity index (χ4n) is 3.59. The number of ether oxygens (including phenoxy) is 1. The van der Waals surface area contributed by atoms with Crippen molar-refractivity contribution in [2.75, 3.05) is 39.9 Å². The largest absolute Gasteiger partial charge is 0.370 e. The van der Waals surface area contributed by atoms with Gasteiger partial charge in [-0.25, -0.2) is 9.36 Å². The molecule has 0 saturated carbocycles. The van der Waals surface area contributed by atoms with Gasteiger partial charge in [0.05, 0.1) is 49.9 Å². The van der Waals surface area contributed by atoms with Gasteiger partial charge in [-0.1, -0.05) is 30.3 Å². The molecule has 0 bridgehead atoms. The van der Waals surface area contributed by atoms with Crippen molar-refractivity contribution in [1.29, 1.82) is 0 Å². The van der Waals surface area contributed by atoms with Crippen LogP contribution in [0.2, 0.25) is 0 Å². The molecule has 25 heavy (non-hydrogen) atoms. The maximum absolute atomic E-state index is 13.0. The first-order chi connectivity index (χ1) is 12.2. The van der Waals surface area contributed by atoms with E-state index in [0.717, 1.165) is 53.9 Å². The Hall–Kier alpha value is -2.37. The molecule has 0 aliphatic carbocycles. The van der Waals surface area contributed by atoms with E-state index in [1.54, 1.807) is 0 Å². The van der Waals surface area contributed by atoms with E-state index >= 15 is 0 Å². The van der Waals surface area contributed by atoms with E-state index in [-0.39, 0.29) is 5.56 Å². The summed E-state index contributed by atoms with van der Waals surface area (Å²) >= 11 is 0. The van der Waals surface area contributed by atoms with Crippen molar-refractivity contribution in [1.82, 2.24) is 9.36 Å². The highest BCUT2D eigenvalue weighted by Gasteiger charge is 2.26. The molecule has 2 aromatic carbocycles. The second-order valence-electron chi connectivity index (χ2n) is 7.00. The van der Waals surface area contributed by atoms with Crippen LogP contribution in [0.5, 0.6) is 0 Å². The topological polar surface area (TPSA) is 36.2 Å². The molecule has 0 radical (unpaired) electrons. The third-order valence-electron chi connectivity index (χ3n) is 5.24. The molecule has 130 valence electrons. The number of benzene rings is 2. The van der Waals surface area contributed by atoms with E-state index in [1.807, 2.05) is 59.3 Å². The van der Waals surface area contributed by atoms with Crippen LogP contribution in [0.25, 0.3) is 16.6 Å². The van der Waals surface area contributed by atoms with Gasteiger partial charge in [-0.05, 0) is 24.3 Å². The number of fused-ring (bicyclic) bond motifs is 1. The molecule has 1 aliphatic rings. The predicted octanol–water partition coefficient (Wildman–Crippen LogP) is 2.27. The van der Waals surface area contributed by atoms with Crippen LogP contribution in [0.1, 0.15) is 0 Å². The third kappa shape index (κ3) is 3.01. The summed E-state index contributed by atoms with van der Waals surface area (Å²) in [5, 5.41) is 0.774. The van der Waals surface area contributed by atoms with Crippen molar-refractivity contribution in [2.24, 2.45) is 0 Å². The molecule has 0 unspecified atom stereocenters. The summed E-state index contributed by atoms with van der Waals surface area (Å²) in [5.74, 6) is 0. The van der Waals surface area contributed by atoms with E-state index in [2.05, 4.69) is 11.7 Å². The second-order valence-corrected chi connectivity index (χ2v) is 7.00. The van der Waals surface area contributed by atoms with E-state index in [4.69, 9.17) is 4.74 Å². The van der Waals surface area contributed by atoms with Gasteiger partial charge in [-0.2, -0.15) is 0 Å². The lowest BCUT2D eigenvalue weighted by Crippen LogP contribution is -2.53. The molecule has 5 nitrogen and oxygen atoms in total. The van der Waals surface area contributed by atoms with Crippen LogP contribution in [0.3, 0.4) is 0 Å². The number of morpholine rings is 1. The van der Waals surface area contributed by atoms with Crippen molar-refractivity contribution in [3.05, 3.63) is 65.0 Å². The first-order valence-corrected chi connectivity index (χ1v) is 8.85. The van der Waals surface area contributed by atoms with Crippen LogP contribution in [-0.2, 0) is 11.3 Å². The lowest BCUT2D eigenvalue weighted by atomic mass is 10.2. The van der Waals surface area contributed by atoms with Gasteiger partial charge in [0.25, 0.3) is 5.56 Å². The van der Waals surface area contributed by atoms with Crippen LogP contribution >= 0.6 is 0 Å². The standard InChI is InChI=1S/C20H24N3O2/c1-23(13-15-25-16-14-23)12-11-21-20(24)18-9-5-6-10-19(18)22(21)17-7-3-2-4-8-17/h2-10H,11-16H2,1H3/q+1. The van der Waals surface area contributed by atoms with Crippen LogP contribution < -0.4 is 5.56 Å². The van der Waals surface area contributed by atoms with Gasteiger partial charge in [0.1, 0.15) is 13.1 Å². The van der Waals surface area contributed by atoms with Crippen LogP contribution in [-0.4, -0.2) is 53.7 Å². The number of aromatic nitrogens is 2. The highest BCUT2D eigenvalue weighted by Crippen LogP contribution is 2.18. The Bertz CT molecular complexity index is 921. The zero-order valence-electron chi connectivity index (χ0n) is 14.6. The Morgan fingerprint density at radius 1 is 1.00 bits per heavy atom. The van der Waals surface area contributed by atoms with Gasteiger partial charge in [-0.15, -0.1) is 0 Å². The normalized spacial score (nSPS) is 17.0. The second kappa shape index (κ2) is 6.50. The predicted molar refractivity (Wildman–Crippen MR) is 99.1 cm³/mol. The molecule has 5 heteroatoms. The Kier molecular flexibility index (Phi) is 4.19. The first-order valence-electron chi connectivity index (χ1n) is 8.85. The molecule has 1 saturated heterocycles. The fourth-order valence-corrected chi connectivity index (χ4v) is 3.59. The number of nitrogens with zero attached hydrogens (tertiary/aromatic N) is 3. The molecule has 0 N–H and O–H groups in total. The Labute approximate surface area is 147 Å².